The molecule has 172 valence electrons. The van der Waals surface area contributed by atoms with Crippen LogP contribution in [0.15, 0.2) is 87.2 Å². The molecule has 0 atom stereocenters. The summed E-state index contributed by atoms with van der Waals surface area (Å²) in [7, 11) is -7.75. The van der Waals surface area contributed by atoms with E-state index in [1.54, 1.807) is 42.5 Å². The standard InChI is InChI=1S/C24H22BrNO5S2/c1-17-3-8-21(9-4-17)32(27,28)26-16-19(23-12-7-20(25)15-24(23)26)13-14-31-33(29,30)22-10-5-18(2)6-11-22/h3-12,15-16H,13-14H2,1-2H3. The maximum absolute atomic E-state index is 13.3. The van der Waals surface area contributed by atoms with Crippen LogP contribution >= 0.6 is 15.9 Å². The summed E-state index contributed by atoms with van der Waals surface area (Å²) < 4.78 is 58.9. The minimum Gasteiger partial charge on any atom is -0.266 e. The van der Waals surface area contributed by atoms with E-state index in [0.717, 1.165) is 15.6 Å². The third-order valence-corrected chi connectivity index (χ3v) is 8.82. The summed E-state index contributed by atoms with van der Waals surface area (Å²) in [6, 6.07) is 18.4. The van der Waals surface area contributed by atoms with E-state index in [0.29, 0.717) is 16.5 Å². The molecule has 0 radical (unpaired) electrons. The lowest BCUT2D eigenvalue weighted by molar-refractivity contribution is 0.322. The van der Waals surface area contributed by atoms with Gasteiger partial charge in [-0.1, -0.05) is 57.4 Å². The predicted molar refractivity (Wildman–Crippen MR) is 131 cm³/mol. The number of hydrogen-bond donors (Lipinski definition) is 0. The molecule has 0 aliphatic heterocycles. The highest BCUT2D eigenvalue weighted by molar-refractivity contribution is 9.10. The van der Waals surface area contributed by atoms with E-state index in [9.17, 15) is 16.8 Å². The molecule has 4 rings (SSSR count). The number of aromatic nitrogens is 1. The maximum Gasteiger partial charge on any atom is 0.296 e. The van der Waals surface area contributed by atoms with Gasteiger partial charge in [0.05, 0.1) is 21.9 Å². The van der Waals surface area contributed by atoms with Gasteiger partial charge in [-0.05, 0) is 62.2 Å². The first-order valence-electron chi connectivity index (χ1n) is 10.2. The molecule has 1 heterocycles. The molecular weight excluding hydrogens is 526 g/mol. The molecule has 4 aromatic rings. The van der Waals surface area contributed by atoms with E-state index in [2.05, 4.69) is 15.9 Å². The molecule has 0 saturated carbocycles. The second-order valence-corrected chi connectivity index (χ2v) is 12.1. The molecule has 6 nitrogen and oxygen atoms in total. The quantitative estimate of drug-likeness (QED) is 0.297. The zero-order chi connectivity index (χ0) is 23.8. The summed E-state index contributed by atoms with van der Waals surface area (Å²) in [5.74, 6) is 0. The molecule has 1 aromatic heterocycles. The molecule has 9 heteroatoms. The van der Waals surface area contributed by atoms with Crippen LogP contribution in [-0.2, 0) is 30.7 Å². The van der Waals surface area contributed by atoms with Crippen molar-refractivity contribution in [3.8, 4) is 0 Å². The first-order valence-corrected chi connectivity index (χ1v) is 13.8. The highest BCUT2D eigenvalue weighted by atomic mass is 79.9. The van der Waals surface area contributed by atoms with Gasteiger partial charge < -0.3 is 0 Å². The fraction of sp³-hybridized carbons (Fsp3) is 0.167. The van der Waals surface area contributed by atoms with Gasteiger partial charge in [0.25, 0.3) is 20.1 Å². The molecule has 0 saturated heterocycles. The van der Waals surface area contributed by atoms with Gasteiger partial charge in [0, 0.05) is 16.1 Å². The van der Waals surface area contributed by atoms with Crippen LogP contribution < -0.4 is 0 Å². The number of rotatable bonds is 7. The fourth-order valence-corrected chi connectivity index (χ4v) is 6.14. The Labute approximate surface area is 202 Å². The van der Waals surface area contributed by atoms with Gasteiger partial charge in [-0.15, -0.1) is 0 Å². The molecule has 0 N–H and O–H groups in total. The van der Waals surface area contributed by atoms with Crippen molar-refractivity contribution in [3.05, 3.63) is 94.1 Å². The molecule has 0 unspecified atom stereocenters. The van der Waals surface area contributed by atoms with Crippen molar-refractivity contribution in [1.29, 1.82) is 0 Å². The van der Waals surface area contributed by atoms with Gasteiger partial charge in [0.1, 0.15) is 0 Å². The van der Waals surface area contributed by atoms with Crippen LogP contribution in [0.2, 0.25) is 0 Å². The van der Waals surface area contributed by atoms with Crippen LogP contribution in [0, 0.1) is 13.8 Å². The van der Waals surface area contributed by atoms with E-state index < -0.39 is 20.1 Å². The molecule has 0 amide bonds. The lowest BCUT2D eigenvalue weighted by Crippen LogP contribution is -2.12. The van der Waals surface area contributed by atoms with Crippen molar-refractivity contribution < 1.29 is 21.0 Å². The Balaban J connectivity index is 1.65. The van der Waals surface area contributed by atoms with Crippen LogP contribution in [0.4, 0.5) is 0 Å². The van der Waals surface area contributed by atoms with Gasteiger partial charge >= 0.3 is 0 Å². The van der Waals surface area contributed by atoms with Crippen molar-refractivity contribution in [1.82, 2.24) is 3.97 Å². The third-order valence-electron chi connectivity index (χ3n) is 5.31. The van der Waals surface area contributed by atoms with Gasteiger partial charge in [-0.25, -0.2) is 12.4 Å². The topological polar surface area (TPSA) is 82.4 Å². The second kappa shape index (κ2) is 9.06. The van der Waals surface area contributed by atoms with E-state index in [-0.39, 0.29) is 22.8 Å². The highest BCUT2D eigenvalue weighted by Gasteiger charge is 2.22. The number of halogens is 1. The summed E-state index contributed by atoms with van der Waals surface area (Å²) in [6.45, 7) is 3.65. The molecule has 0 bridgehead atoms. The summed E-state index contributed by atoms with van der Waals surface area (Å²) >= 11 is 3.41. The summed E-state index contributed by atoms with van der Waals surface area (Å²) in [5, 5.41) is 0.713. The Hall–Kier alpha value is -2.46. The summed E-state index contributed by atoms with van der Waals surface area (Å²) in [6.07, 6.45) is 1.76. The molecule has 0 fully saturated rings. The normalized spacial score (nSPS) is 12.3. The Kier molecular flexibility index (Phi) is 6.50. The van der Waals surface area contributed by atoms with Crippen LogP contribution in [0.1, 0.15) is 16.7 Å². The van der Waals surface area contributed by atoms with Gasteiger partial charge in [-0.3, -0.25) is 4.18 Å². The van der Waals surface area contributed by atoms with Crippen molar-refractivity contribution in [3.63, 3.8) is 0 Å². The van der Waals surface area contributed by atoms with Crippen LogP contribution in [-0.4, -0.2) is 27.4 Å². The monoisotopic (exact) mass is 547 g/mol. The van der Waals surface area contributed by atoms with Crippen LogP contribution in [0.25, 0.3) is 10.9 Å². The minimum absolute atomic E-state index is 0.0846. The molecule has 0 aliphatic rings. The lowest BCUT2D eigenvalue weighted by Gasteiger charge is -2.08. The Morgan fingerprint density at radius 2 is 1.39 bits per heavy atom. The molecule has 3 aromatic carbocycles. The predicted octanol–water partition coefficient (Wildman–Crippen LogP) is 5.21. The zero-order valence-electron chi connectivity index (χ0n) is 18.0. The smallest absolute Gasteiger partial charge is 0.266 e. The summed E-state index contributed by atoms with van der Waals surface area (Å²) in [4.78, 5) is 0.260. The average Bonchev–Trinajstić information content (AvgIpc) is 3.12. The van der Waals surface area contributed by atoms with Crippen molar-refractivity contribution in [2.45, 2.75) is 30.1 Å². The molecule has 33 heavy (non-hydrogen) atoms. The van der Waals surface area contributed by atoms with Crippen LogP contribution in [0.5, 0.6) is 0 Å². The first kappa shape index (κ1) is 23.7. The van der Waals surface area contributed by atoms with Crippen molar-refractivity contribution in [2.75, 3.05) is 6.61 Å². The minimum atomic E-state index is -3.91. The number of benzene rings is 3. The number of aryl methyl sites for hydroxylation is 2. The first-order chi connectivity index (χ1) is 15.6. The lowest BCUT2D eigenvalue weighted by atomic mass is 10.1. The van der Waals surface area contributed by atoms with E-state index in [1.807, 2.05) is 26.0 Å². The number of fused-ring (bicyclic) bond motifs is 1. The largest absolute Gasteiger partial charge is 0.296 e. The van der Waals surface area contributed by atoms with E-state index >= 15 is 0 Å². The van der Waals surface area contributed by atoms with Gasteiger partial charge in [0.2, 0.25) is 0 Å². The molecule has 0 aliphatic carbocycles. The fourth-order valence-electron chi connectivity index (χ4n) is 3.50. The van der Waals surface area contributed by atoms with Crippen molar-refractivity contribution >= 4 is 47.0 Å². The molecule has 0 spiro atoms. The Bertz CT molecular complexity index is 1520. The average molecular weight is 548 g/mol. The van der Waals surface area contributed by atoms with E-state index in [1.165, 1.54) is 22.3 Å². The molecular formula is C24H22BrNO5S2. The highest BCUT2D eigenvalue weighted by Crippen LogP contribution is 2.29. The van der Waals surface area contributed by atoms with E-state index in [4.69, 9.17) is 4.18 Å². The SMILES string of the molecule is Cc1ccc(S(=O)(=O)OCCc2cn(S(=O)(=O)c3ccc(C)cc3)c3cc(Br)ccc23)cc1. The van der Waals surface area contributed by atoms with Crippen molar-refractivity contribution in [2.24, 2.45) is 0 Å². The Morgan fingerprint density at radius 1 is 0.818 bits per heavy atom. The number of nitrogens with zero attached hydrogens (tertiary/aromatic N) is 1. The zero-order valence-corrected chi connectivity index (χ0v) is 21.2. The third kappa shape index (κ3) is 4.91. The maximum atomic E-state index is 13.3. The summed E-state index contributed by atoms with van der Waals surface area (Å²) in [5.41, 5.74) is 3.08. The second-order valence-electron chi connectivity index (χ2n) is 7.77. The van der Waals surface area contributed by atoms with Crippen LogP contribution in [0.3, 0.4) is 0 Å². The number of hydrogen-bond acceptors (Lipinski definition) is 5. The van der Waals surface area contributed by atoms with Gasteiger partial charge in [0.15, 0.2) is 0 Å². The Morgan fingerprint density at radius 3 is 2.00 bits per heavy atom. The van der Waals surface area contributed by atoms with Gasteiger partial charge in [-0.2, -0.15) is 8.42 Å².